The van der Waals surface area contributed by atoms with Gasteiger partial charge in [-0.2, -0.15) is 0 Å². The highest BCUT2D eigenvalue weighted by Crippen LogP contribution is 2.34. The molecule has 3 N–H and O–H groups in total. The third-order valence-corrected chi connectivity index (χ3v) is 5.01. The van der Waals surface area contributed by atoms with E-state index in [2.05, 4.69) is 27.7 Å². The lowest BCUT2D eigenvalue weighted by atomic mass is 9.72. The van der Waals surface area contributed by atoms with Gasteiger partial charge in [0.25, 0.3) is 0 Å². The van der Waals surface area contributed by atoms with E-state index in [0.717, 1.165) is 25.7 Å². The molecular weight excluding hydrogens is 252 g/mol. The van der Waals surface area contributed by atoms with E-state index in [9.17, 15) is 9.90 Å². The number of rotatable bonds is 6. The maximum atomic E-state index is 12.9. The molecule has 0 aromatic carbocycles. The van der Waals surface area contributed by atoms with Crippen LogP contribution < -0.4 is 5.73 Å². The van der Waals surface area contributed by atoms with Gasteiger partial charge in [0, 0.05) is 24.5 Å². The largest absolute Gasteiger partial charge is 0.395 e. The van der Waals surface area contributed by atoms with Crippen molar-refractivity contribution in [2.45, 2.75) is 65.5 Å². The Hall–Kier alpha value is -0.610. The zero-order chi connectivity index (χ0) is 15.3. The summed E-state index contributed by atoms with van der Waals surface area (Å²) in [5.41, 5.74) is 6.16. The van der Waals surface area contributed by atoms with E-state index in [1.807, 2.05) is 4.90 Å². The van der Waals surface area contributed by atoms with E-state index in [1.165, 1.54) is 0 Å². The number of hydrogen-bond acceptors (Lipinski definition) is 3. The Morgan fingerprint density at radius 1 is 1.25 bits per heavy atom. The fourth-order valence-corrected chi connectivity index (χ4v) is 3.55. The molecule has 4 atom stereocenters. The van der Waals surface area contributed by atoms with Crippen molar-refractivity contribution in [3.63, 3.8) is 0 Å². The molecule has 0 aliphatic heterocycles. The van der Waals surface area contributed by atoms with E-state index < -0.39 is 0 Å². The molecule has 1 aliphatic rings. The van der Waals surface area contributed by atoms with Gasteiger partial charge in [-0.25, -0.2) is 0 Å². The summed E-state index contributed by atoms with van der Waals surface area (Å²) in [5, 5.41) is 9.27. The van der Waals surface area contributed by atoms with Crippen LogP contribution in [-0.2, 0) is 4.79 Å². The molecular formula is C16H32N2O2. The van der Waals surface area contributed by atoms with Crippen molar-refractivity contribution >= 4 is 5.91 Å². The monoisotopic (exact) mass is 284 g/mol. The molecule has 1 amide bonds. The van der Waals surface area contributed by atoms with E-state index in [1.54, 1.807) is 0 Å². The summed E-state index contributed by atoms with van der Waals surface area (Å²) in [5.74, 6) is 1.09. The third kappa shape index (κ3) is 3.95. The number of aliphatic hydroxyl groups is 1. The van der Waals surface area contributed by atoms with Gasteiger partial charge in [0.2, 0.25) is 5.91 Å². The molecule has 1 saturated carbocycles. The second-order valence-corrected chi connectivity index (χ2v) is 6.42. The maximum Gasteiger partial charge on any atom is 0.226 e. The smallest absolute Gasteiger partial charge is 0.226 e. The van der Waals surface area contributed by atoms with E-state index in [4.69, 9.17) is 5.73 Å². The van der Waals surface area contributed by atoms with Gasteiger partial charge in [-0.05, 0) is 37.5 Å². The van der Waals surface area contributed by atoms with Crippen molar-refractivity contribution in [1.82, 2.24) is 4.90 Å². The van der Waals surface area contributed by atoms with Crippen molar-refractivity contribution in [3.05, 3.63) is 0 Å². The van der Waals surface area contributed by atoms with Gasteiger partial charge in [0.05, 0.1) is 6.61 Å². The molecule has 20 heavy (non-hydrogen) atoms. The Labute approximate surface area is 123 Å². The Morgan fingerprint density at radius 2 is 1.85 bits per heavy atom. The summed E-state index contributed by atoms with van der Waals surface area (Å²) in [7, 11) is 0. The Balaban J connectivity index is 2.82. The highest BCUT2D eigenvalue weighted by atomic mass is 16.3. The number of aliphatic hydroxyl groups excluding tert-OH is 1. The minimum atomic E-state index is 0.0216. The van der Waals surface area contributed by atoms with Gasteiger partial charge in [-0.1, -0.05) is 27.7 Å². The molecule has 1 rings (SSSR count). The van der Waals surface area contributed by atoms with Gasteiger partial charge >= 0.3 is 0 Å². The van der Waals surface area contributed by atoms with Crippen LogP contribution in [0.4, 0.5) is 0 Å². The molecule has 0 aromatic rings. The van der Waals surface area contributed by atoms with Crippen LogP contribution >= 0.6 is 0 Å². The summed E-state index contributed by atoms with van der Waals surface area (Å²) in [6.07, 6.45) is 3.67. The lowest BCUT2D eigenvalue weighted by Gasteiger charge is -2.40. The van der Waals surface area contributed by atoms with Crippen LogP contribution in [-0.4, -0.2) is 41.1 Å². The lowest BCUT2D eigenvalue weighted by Crippen LogP contribution is -2.50. The number of nitrogens with zero attached hydrogens (tertiary/aromatic N) is 1. The average Bonchev–Trinajstić information content (AvgIpc) is 2.42. The standard InChI is InChI=1S/C16H32N2O2/c1-5-13(6-2)18(7-8-19)16(20)14-10-15(17)12(4)9-11(14)3/h11-15,19H,5-10,17H2,1-4H3. The molecule has 4 unspecified atom stereocenters. The third-order valence-electron chi connectivity index (χ3n) is 5.01. The first-order valence-electron chi connectivity index (χ1n) is 8.13. The minimum absolute atomic E-state index is 0.0216. The van der Waals surface area contributed by atoms with Crippen LogP contribution in [0.3, 0.4) is 0 Å². The molecule has 0 radical (unpaired) electrons. The first-order chi connectivity index (χ1) is 9.46. The second-order valence-electron chi connectivity index (χ2n) is 6.42. The Morgan fingerprint density at radius 3 is 2.35 bits per heavy atom. The number of nitrogens with two attached hydrogens (primary N) is 1. The molecule has 118 valence electrons. The van der Waals surface area contributed by atoms with Crippen LogP contribution in [0, 0.1) is 17.8 Å². The zero-order valence-electron chi connectivity index (χ0n) is 13.5. The van der Waals surface area contributed by atoms with Crippen molar-refractivity contribution in [2.75, 3.05) is 13.2 Å². The topological polar surface area (TPSA) is 66.6 Å². The van der Waals surface area contributed by atoms with Gasteiger partial charge < -0.3 is 15.7 Å². The molecule has 4 heteroatoms. The van der Waals surface area contributed by atoms with E-state index >= 15 is 0 Å². The zero-order valence-corrected chi connectivity index (χ0v) is 13.5. The minimum Gasteiger partial charge on any atom is -0.395 e. The van der Waals surface area contributed by atoms with Crippen molar-refractivity contribution in [1.29, 1.82) is 0 Å². The van der Waals surface area contributed by atoms with E-state index in [-0.39, 0.29) is 30.5 Å². The Bertz CT molecular complexity index is 305. The highest BCUT2D eigenvalue weighted by Gasteiger charge is 2.38. The van der Waals surface area contributed by atoms with Crippen molar-refractivity contribution in [2.24, 2.45) is 23.5 Å². The molecule has 4 nitrogen and oxygen atoms in total. The van der Waals surface area contributed by atoms with Crippen molar-refractivity contribution in [3.8, 4) is 0 Å². The summed E-state index contributed by atoms with van der Waals surface area (Å²) >= 11 is 0. The number of hydrogen-bond donors (Lipinski definition) is 2. The fourth-order valence-electron chi connectivity index (χ4n) is 3.55. The van der Waals surface area contributed by atoms with Crippen LogP contribution in [0.5, 0.6) is 0 Å². The fraction of sp³-hybridized carbons (Fsp3) is 0.938. The molecule has 1 fully saturated rings. The quantitative estimate of drug-likeness (QED) is 0.784. The number of amides is 1. The van der Waals surface area contributed by atoms with E-state index in [0.29, 0.717) is 18.4 Å². The van der Waals surface area contributed by atoms with Crippen LogP contribution in [0.1, 0.15) is 53.4 Å². The predicted octanol–water partition coefficient (Wildman–Crippen LogP) is 2.01. The molecule has 1 aliphatic carbocycles. The molecule has 0 saturated heterocycles. The summed E-state index contributed by atoms with van der Waals surface area (Å²) < 4.78 is 0. The highest BCUT2D eigenvalue weighted by molar-refractivity contribution is 5.79. The predicted molar refractivity (Wildman–Crippen MR) is 82.2 cm³/mol. The van der Waals surface area contributed by atoms with Crippen LogP contribution in [0.2, 0.25) is 0 Å². The van der Waals surface area contributed by atoms with Gasteiger partial charge in [0.1, 0.15) is 0 Å². The molecule has 0 bridgehead atoms. The van der Waals surface area contributed by atoms with Crippen molar-refractivity contribution < 1.29 is 9.90 Å². The summed E-state index contributed by atoms with van der Waals surface area (Å²) in [6.45, 7) is 9.02. The molecule has 0 spiro atoms. The Kier molecular flexibility index (Phi) is 6.96. The lowest BCUT2D eigenvalue weighted by molar-refractivity contribution is -0.142. The van der Waals surface area contributed by atoms with Crippen LogP contribution in [0.15, 0.2) is 0 Å². The summed E-state index contributed by atoms with van der Waals surface area (Å²) in [6, 6.07) is 0.357. The average molecular weight is 284 g/mol. The molecule has 0 aromatic heterocycles. The summed E-state index contributed by atoms with van der Waals surface area (Å²) in [4.78, 5) is 14.8. The second kappa shape index (κ2) is 7.99. The molecule has 0 heterocycles. The SMILES string of the molecule is CCC(CC)N(CCO)C(=O)C1CC(N)C(C)CC1C. The van der Waals surface area contributed by atoms with Gasteiger partial charge in [-0.15, -0.1) is 0 Å². The first kappa shape index (κ1) is 17.4. The normalized spacial score (nSPS) is 30.6. The number of carbonyl (C=O) groups excluding carboxylic acids is 1. The van der Waals surface area contributed by atoms with Crippen LogP contribution in [0.25, 0.3) is 0 Å². The number of carbonyl (C=O) groups is 1. The van der Waals surface area contributed by atoms with Gasteiger partial charge in [0.15, 0.2) is 0 Å². The van der Waals surface area contributed by atoms with Gasteiger partial charge in [-0.3, -0.25) is 4.79 Å². The first-order valence-corrected chi connectivity index (χ1v) is 8.13. The maximum absolute atomic E-state index is 12.9.